The van der Waals surface area contributed by atoms with Crippen LogP contribution >= 0.6 is 33.9 Å². The first-order chi connectivity index (χ1) is 8.20. The molecule has 2 N–H and O–H groups in total. The van der Waals surface area contributed by atoms with Crippen molar-refractivity contribution < 1.29 is 5.11 Å². The first-order valence-corrected chi connectivity index (χ1v) is 8.29. The molecule has 4 heteroatoms. The topological polar surface area (TPSA) is 32.3 Å². The summed E-state index contributed by atoms with van der Waals surface area (Å²) < 4.78 is 1.40. The van der Waals surface area contributed by atoms with Crippen LogP contribution in [0.5, 0.6) is 0 Å². The summed E-state index contributed by atoms with van der Waals surface area (Å²) >= 11 is 4.35. The zero-order valence-electron chi connectivity index (χ0n) is 10.2. The van der Waals surface area contributed by atoms with Gasteiger partial charge in [-0.15, -0.1) is 11.3 Å². The molecule has 1 aromatic heterocycles. The average Bonchev–Trinajstić information content (AvgIpc) is 2.70. The number of halogens is 1. The molecule has 2 rings (SSSR count). The van der Waals surface area contributed by atoms with Crippen LogP contribution in [0, 0.1) is 2.88 Å². The fourth-order valence-corrected chi connectivity index (χ4v) is 4.48. The third-order valence-corrected chi connectivity index (χ3v) is 5.39. The fourth-order valence-electron chi connectivity index (χ4n) is 2.36. The van der Waals surface area contributed by atoms with Gasteiger partial charge in [0, 0.05) is 10.9 Å². The summed E-state index contributed by atoms with van der Waals surface area (Å²) in [4.78, 5) is 1.56. The summed E-state index contributed by atoms with van der Waals surface area (Å²) in [7, 11) is 0. The van der Waals surface area contributed by atoms with Crippen molar-refractivity contribution in [2.24, 2.45) is 0 Å². The van der Waals surface area contributed by atoms with E-state index in [1.165, 1.54) is 27.7 Å². The molecule has 1 heterocycles. The lowest BCUT2D eigenvalue weighted by atomic mass is 9.94. The number of aryl methyl sites for hydroxylation is 1. The molecule has 0 radical (unpaired) electrons. The standard InChI is InChI=1S/C13H20INOS/c1-2-9(16)6-7-15-11-4-3-5-12-10(11)8-13(14)17-12/h8-9,11,15-16H,2-7H2,1H3. The summed E-state index contributed by atoms with van der Waals surface area (Å²) in [5.41, 5.74) is 1.51. The molecule has 96 valence electrons. The Morgan fingerprint density at radius 3 is 3.24 bits per heavy atom. The molecule has 0 saturated heterocycles. The van der Waals surface area contributed by atoms with Crippen LogP contribution in [0.1, 0.15) is 49.1 Å². The Morgan fingerprint density at radius 2 is 2.47 bits per heavy atom. The van der Waals surface area contributed by atoms with E-state index in [0.29, 0.717) is 6.04 Å². The molecular weight excluding hydrogens is 345 g/mol. The summed E-state index contributed by atoms with van der Waals surface area (Å²) in [6.07, 6.45) is 5.35. The number of hydrogen-bond acceptors (Lipinski definition) is 3. The van der Waals surface area contributed by atoms with Gasteiger partial charge in [-0.2, -0.15) is 0 Å². The van der Waals surface area contributed by atoms with Crippen molar-refractivity contribution in [3.63, 3.8) is 0 Å². The van der Waals surface area contributed by atoms with Crippen molar-refractivity contribution in [3.05, 3.63) is 19.4 Å². The molecule has 0 aromatic carbocycles. The predicted molar refractivity (Wildman–Crippen MR) is 81.6 cm³/mol. The van der Waals surface area contributed by atoms with Crippen LogP contribution in [0.3, 0.4) is 0 Å². The van der Waals surface area contributed by atoms with E-state index in [4.69, 9.17) is 0 Å². The lowest BCUT2D eigenvalue weighted by Crippen LogP contribution is -2.27. The van der Waals surface area contributed by atoms with Gasteiger partial charge in [-0.3, -0.25) is 0 Å². The molecular formula is C13H20INOS. The molecule has 0 fully saturated rings. The fraction of sp³-hybridized carbons (Fsp3) is 0.692. The molecule has 0 spiro atoms. The highest BCUT2D eigenvalue weighted by Gasteiger charge is 2.22. The van der Waals surface area contributed by atoms with Gasteiger partial charge in [0.05, 0.1) is 8.99 Å². The SMILES string of the molecule is CCC(O)CCNC1CCCc2sc(I)cc21. The molecule has 17 heavy (non-hydrogen) atoms. The minimum Gasteiger partial charge on any atom is -0.393 e. The first kappa shape index (κ1) is 13.8. The zero-order chi connectivity index (χ0) is 12.3. The van der Waals surface area contributed by atoms with Gasteiger partial charge in [-0.05, 0) is 72.9 Å². The zero-order valence-corrected chi connectivity index (χ0v) is 13.2. The van der Waals surface area contributed by atoms with Crippen molar-refractivity contribution in [2.45, 2.75) is 51.2 Å². The van der Waals surface area contributed by atoms with Gasteiger partial charge in [-0.25, -0.2) is 0 Å². The molecule has 1 aromatic rings. The second kappa shape index (κ2) is 6.50. The lowest BCUT2D eigenvalue weighted by Gasteiger charge is -2.24. The molecule has 2 unspecified atom stereocenters. The van der Waals surface area contributed by atoms with Crippen LogP contribution in [0.4, 0.5) is 0 Å². The van der Waals surface area contributed by atoms with Gasteiger partial charge in [-0.1, -0.05) is 6.92 Å². The maximum atomic E-state index is 9.55. The van der Waals surface area contributed by atoms with Gasteiger partial charge < -0.3 is 10.4 Å². The number of rotatable bonds is 5. The predicted octanol–water partition coefficient (Wildman–Crippen LogP) is 3.48. The Bertz CT molecular complexity index is 366. The van der Waals surface area contributed by atoms with Crippen molar-refractivity contribution in [3.8, 4) is 0 Å². The van der Waals surface area contributed by atoms with Crippen LogP contribution in [-0.4, -0.2) is 17.8 Å². The number of aliphatic hydroxyl groups excluding tert-OH is 1. The van der Waals surface area contributed by atoms with E-state index in [1.807, 2.05) is 18.3 Å². The Labute approximate surface area is 121 Å². The monoisotopic (exact) mass is 365 g/mol. The minimum atomic E-state index is -0.145. The quantitative estimate of drug-likeness (QED) is 0.783. The van der Waals surface area contributed by atoms with E-state index in [-0.39, 0.29) is 6.10 Å². The third kappa shape index (κ3) is 3.66. The largest absolute Gasteiger partial charge is 0.393 e. The molecule has 1 aliphatic rings. The van der Waals surface area contributed by atoms with Gasteiger partial charge in [0.25, 0.3) is 0 Å². The maximum Gasteiger partial charge on any atom is 0.0659 e. The highest BCUT2D eigenvalue weighted by atomic mass is 127. The van der Waals surface area contributed by atoms with Gasteiger partial charge in [0.2, 0.25) is 0 Å². The van der Waals surface area contributed by atoms with E-state index in [1.54, 1.807) is 4.88 Å². The smallest absolute Gasteiger partial charge is 0.0659 e. The summed E-state index contributed by atoms with van der Waals surface area (Å²) in [5, 5.41) is 13.1. The van der Waals surface area contributed by atoms with E-state index in [2.05, 4.69) is 34.0 Å². The minimum absolute atomic E-state index is 0.145. The Balaban J connectivity index is 1.90. The second-order valence-electron chi connectivity index (χ2n) is 4.68. The Kier molecular flexibility index (Phi) is 5.26. The van der Waals surface area contributed by atoms with Gasteiger partial charge >= 0.3 is 0 Å². The lowest BCUT2D eigenvalue weighted by molar-refractivity contribution is 0.158. The number of fused-ring (bicyclic) bond motifs is 1. The molecule has 0 bridgehead atoms. The number of aliphatic hydroxyl groups is 1. The average molecular weight is 365 g/mol. The number of hydrogen-bond donors (Lipinski definition) is 2. The highest BCUT2D eigenvalue weighted by Crippen LogP contribution is 2.36. The molecule has 0 saturated carbocycles. The van der Waals surface area contributed by atoms with E-state index in [9.17, 15) is 5.11 Å². The maximum absolute atomic E-state index is 9.55. The molecule has 2 nitrogen and oxygen atoms in total. The van der Waals surface area contributed by atoms with Crippen LogP contribution < -0.4 is 5.32 Å². The number of nitrogens with one attached hydrogen (secondary N) is 1. The highest BCUT2D eigenvalue weighted by molar-refractivity contribution is 14.1. The van der Waals surface area contributed by atoms with Crippen LogP contribution in [0.2, 0.25) is 0 Å². The Hall–Kier alpha value is 0.350. The molecule has 0 aliphatic heterocycles. The molecule has 2 atom stereocenters. The van der Waals surface area contributed by atoms with Crippen molar-refractivity contribution >= 4 is 33.9 Å². The summed E-state index contributed by atoms with van der Waals surface area (Å²) in [6.45, 7) is 2.95. The van der Waals surface area contributed by atoms with Gasteiger partial charge in [0.1, 0.15) is 0 Å². The van der Waals surface area contributed by atoms with E-state index < -0.39 is 0 Å². The summed E-state index contributed by atoms with van der Waals surface area (Å²) in [5.74, 6) is 0. The van der Waals surface area contributed by atoms with Crippen molar-refractivity contribution in [1.29, 1.82) is 0 Å². The van der Waals surface area contributed by atoms with E-state index >= 15 is 0 Å². The molecule has 1 aliphatic carbocycles. The Morgan fingerprint density at radius 1 is 1.65 bits per heavy atom. The van der Waals surface area contributed by atoms with Crippen molar-refractivity contribution in [1.82, 2.24) is 5.32 Å². The van der Waals surface area contributed by atoms with Crippen molar-refractivity contribution in [2.75, 3.05) is 6.54 Å². The van der Waals surface area contributed by atoms with Crippen LogP contribution in [0.15, 0.2) is 6.07 Å². The summed E-state index contributed by atoms with van der Waals surface area (Å²) in [6, 6.07) is 2.84. The second-order valence-corrected chi connectivity index (χ2v) is 7.71. The van der Waals surface area contributed by atoms with Crippen LogP contribution in [-0.2, 0) is 6.42 Å². The normalized spacial score (nSPS) is 21.2. The van der Waals surface area contributed by atoms with Crippen LogP contribution in [0.25, 0.3) is 0 Å². The van der Waals surface area contributed by atoms with E-state index in [0.717, 1.165) is 19.4 Å². The first-order valence-electron chi connectivity index (χ1n) is 6.40. The third-order valence-electron chi connectivity index (χ3n) is 3.42. The number of thiophene rings is 1. The van der Waals surface area contributed by atoms with Gasteiger partial charge in [0.15, 0.2) is 0 Å². The molecule has 0 amide bonds.